The Kier molecular flexibility index (Phi) is 7.49. The largest absolute Gasteiger partial charge is 0.357 e. The maximum Gasteiger partial charge on any atom is 0.244 e. The topological polar surface area (TPSA) is 86.8 Å². The van der Waals surface area contributed by atoms with Crippen LogP contribution in [0.4, 0.5) is 14.5 Å². The number of hydrogen-bond donors (Lipinski definition) is 1. The van der Waals surface area contributed by atoms with Crippen LogP contribution in [0, 0.1) is 11.6 Å². The molecule has 0 radical (unpaired) electrons. The van der Waals surface area contributed by atoms with Crippen LogP contribution in [-0.4, -0.2) is 51.0 Å². The van der Waals surface area contributed by atoms with E-state index in [0.717, 1.165) is 17.2 Å². The Labute approximate surface area is 174 Å². The molecule has 2 aromatic carbocycles. The summed E-state index contributed by atoms with van der Waals surface area (Å²) < 4.78 is 52.6. The predicted molar refractivity (Wildman–Crippen MR) is 109 cm³/mol. The van der Waals surface area contributed by atoms with Crippen molar-refractivity contribution in [2.75, 3.05) is 24.2 Å². The molecule has 0 unspecified atom stereocenters. The standard InChI is InChI=1S/C20H23F2N3O4S/c1-14(20(27)23-2)24(12-15-8-10-16(21)11-9-15)19(26)13-25(30(3,28)29)18-7-5-4-6-17(18)22/h4-11,14H,12-13H2,1-3H3,(H,23,27)/t14-/m1/s1. The van der Waals surface area contributed by atoms with E-state index in [0.29, 0.717) is 9.87 Å². The lowest BCUT2D eigenvalue weighted by atomic mass is 10.1. The van der Waals surface area contributed by atoms with Gasteiger partial charge in [0.05, 0.1) is 11.9 Å². The lowest BCUT2D eigenvalue weighted by Gasteiger charge is -2.31. The summed E-state index contributed by atoms with van der Waals surface area (Å²) in [6, 6.07) is 9.57. The molecule has 0 aromatic heterocycles. The lowest BCUT2D eigenvalue weighted by Crippen LogP contribution is -2.50. The molecule has 30 heavy (non-hydrogen) atoms. The Bertz CT molecular complexity index is 1010. The number of benzene rings is 2. The van der Waals surface area contributed by atoms with Crippen LogP contribution in [0.5, 0.6) is 0 Å². The maximum absolute atomic E-state index is 14.2. The van der Waals surface area contributed by atoms with Gasteiger partial charge in [0.15, 0.2) is 0 Å². The number of para-hydroxylation sites is 1. The summed E-state index contributed by atoms with van der Waals surface area (Å²) in [7, 11) is -2.60. The Balaban J connectivity index is 2.38. The molecular weight excluding hydrogens is 416 g/mol. The highest BCUT2D eigenvalue weighted by Gasteiger charge is 2.30. The third-order valence-corrected chi connectivity index (χ3v) is 5.61. The zero-order valence-electron chi connectivity index (χ0n) is 16.8. The average Bonchev–Trinajstić information content (AvgIpc) is 2.70. The van der Waals surface area contributed by atoms with Gasteiger partial charge in [-0.1, -0.05) is 24.3 Å². The average molecular weight is 439 g/mol. The molecule has 0 aliphatic carbocycles. The molecule has 0 saturated heterocycles. The van der Waals surface area contributed by atoms with Crippen LogP contribution < -0.4 is 9.62 Å². The summed E-state index contributed by atoms with van der Waals surface area (Å²) in [5.74, 6) is -2.45. The SMILES string of the molecule is CNC(=O)[C@@H](C)N(Cc1ccc(F)cc1)C(=O)CN(c1ccccc1F)S(C)(=O)=O. The Hall–Kier alpha value is -3.01. The number of nitrogens with one attached hydrogen (secondary N) is 1. The van der Waals surface area contributed by atoms with Crippen molar-refractivity contribution in [3.8, 4) is 0 Å². The van der Waals surface area contributed by atoms with Crippen molar-refractivity contribution in [1.82, 2.24) is 10.2 Å². The summed E-state index contributed by atoms with van der Waals surface area (Å²) in [6.45, 7) is 0.707. The van der Waals surface area contributed by atoms with Crippen molar-refractivity contribution >= 4 is 27.5 Å². The van der Waals surface area contributed by atoms with Crippen LogP contribution in [0.2, 0.25) is 0 Å². The zero-order chi connectivity index (χ0) is 22.5. The fourth-order valence-corrected chi connectivity index (χ4v) is 3.68. The summed E-state index contributed by atoms with van der Waals surface area (Å²) in [4.78, 5) is 26.4. The molecule has 2 rings (SSSR count). The molecular formula is C20H23F2N3O4S. The highest BCUT2D eigenvalue weighted by Crippen LogP contribution is 2.22. The van der Waals surface area contributed by atoms with Gasteiger partial charge in [0.1, 0.15) is 24.2 Å². The van der Waals surface area contributed by atoms with Crippen molar-refractivity contribution in [2.45, 2.75) is 19.5 Å². The van der Waals surface area contributed by atoms with Crippen molar-refractivity contribution in [3.63, 3.8) is 0 Å². The number of likely N-dealkylation sites (N-methyl/N-ethyl adjacent to an activating group) is 1. The van der Waals surface area contributed by atoms with Gasteiger partial charge in [-0.3, -0.25) is 13.9 Å². The minimum atomic E-state index is -4.00. The van der Waals surface area contributed by atoms with E-state index < -0.39 is 46.1 Å². The third-order valence-electron chi connectivity index (χ3n) is 4.48. The molecule has 7 nitrogen and oxygen atoms in total. The fraction of sp³-hybridized carbons (Fsp3) is 0.300. The van der Waals surface area contributed by atoms with E-state index in [4.69, 9.17) is 0 Å². The molecule has 0 fully saturated rings. The molecule has 2 amide bonds. The number of sulfonamides is 1. The molecule has 0 spiro atoms. The molecule has 0 aliphatic rings. The van der Waals surface area contributed by atoms with E-state index in [1.165, 1.54) is 56.4 Å². The van der Waals surface area contributed by atoms with E-state index in [1.807, 2.05) is 0 Å². The molecule has 1 atom stereocenters. The number of carbonyl (C=O) groups is 2. The summed E-state index contributed by atoms with van der Waals surface area (Å²) in [6.07, 6.45) is 0.860. The normalized spacial score (nSPS) is 12.2. The van der Waals surface area contributed by atoms with Gasteiger partial charge < -0.3 is 10.2 Å². The monoisotopic (exact) mass is 439 g/mol. The molecule has 1 N–H and O–H groups in total. The molecule has 0 heterocycles. The lowest BCUT2D eigenvalue weighted by molar-refractivity contribution is -0.139. The van der Waals surface area contributed by atoms with Crippen LogP contribution in [-0.2, 0) is 26.2 Å². The van der Waals surface area contributed by atoms with Gasteiger partial charge in [-0.2, -0.15) is 0 Å². The van der Waals surface area contributed by atoms with Crippen LogP contribution in [0.25, 0.3) is 0 Å². The van der Waals surface area contributed by atoms with E-state index in [-0.39, 0.29) is 12.2 Å². The van der Waals surface area contributed by atoms with Crippen molar-refractivity contribution in [1.29, 1.82) is 0 Å². The number of amides is 2. The number of rotatable bonds is 8. The maximum atomic E-state index is 14.2. The first-order chi connectivity index (χ1) is 14.0. The van der Waals surface area contributed by atoms with Gasteiger partial charge in [0, 0.05) is 13.6 Å². The number of nitrogens with zero attached hydrogens (tertiary/aromatic N) is 2. The molecule has 162 valence electrons. The first-order valence-electron chi connectivity index (χ1n) is 9.02. The zero-order valence-corrected chi connectivity index (χ0v) is 17.6. The minimum absolute atomic E-state index is 0.0669. The number of hydrogen-bond acceptors (Lipinski definition) is 4. The smallest absolute Gasteiger partial charge is 0.244 e. The van der Waals surface area contributed by atoms with Crippen LogP contribution >= 0.6 is 0 Å². The molecule has 0 saturated carbocycles. The van der Waals surface area contributed by atoms with Crippen LogP contribution in [0.15, 0.2) is 48.5 Å². The highest BCUT2D eigenvalue weighted by molar-refractivity contribution is 7.92. The van der Waals surface area contributed by atoms with E-state index in [1.54, 1.807) is 0 Å². The summed E-state index contributed by atoms with van der Waals surface area (Å²) in [5, 5.41) is 2.43. The van der Waals surface area contributed by atoms with Gasteiger partial charge in [-0.15, -0.1) is 0 Å². The minimum Gasteiger partial charge on any atom is -0.357 e. The van der Waals surface area contributed by atoms with Gasteiger partial charge in [0.2, 0.25) is 21.8 Å². The van der Waals surface area contributed by atoms with E-state index in [9.17, 15) is 26.8 Å². The van der Waals surface area contributed by atoms with Gasteiger partial charge >= 0.3 is 0 Å². The second kappa shape index (κ2) is 9.66. The highest BCUT2D eigenvalue weighted by atomic mass is 32.2. The van der Waals surface area contributed by atoms with Crippen molar-refractivity contribution in [2.24, 2.45) is 0 Å². The Morgan fingerprint density at radius 2 is 1.67 bits per heavy atom. The second-order valence-corrected chi connectivity index (χ2v) is 8.57. The fourth-order valence-electron chi connectivity index (χ4n) is 2.83. The summed E-state index contributed by atoms with van der Waals surface area (Å²) in [5.41, 5.74) is 0.264. The quantitative estimate of drug-likeness (QED) is 0.681. The van der Waals surface area contributed by atoms with Crippen molar-refractivity contribution in [3.05, 3.63) is 65.7 Å². The Morgan fingerprint density at radius 1 is 1.07 bits per heavy atom. The van der Waals surface area contributed by atoms with Gasteiger partial charge in [-0.05, 0) is 36.8 Å². The molecule has 2 aromatic rings. The Morgan fingerprint density at radius 3 is 2.20 bits per heavy atom. The van der Waals surface area contributed by atoms with E-state index >= 15 is 0 Å². The molecule has 0 bridgehead atoms. The second-order valence-electron chi connectivity index (χ2n) is 6.66. The van der Waals surface area contributed by atoms with E-state index in [2.05, 4.69) is 5.32 Å². The molecule has 10 heteroatoms. The number of halogens is 2. The van der Waals surface area contributed by atoms with Gasteiger partial charge in [0.25, 0.3) is 0 Å². The van der Waals surface area contributed by atoms with Crippen LogP contribution in [0.1, 0.15) is 12.5 Å². The predicted octanol–water partition coefficient (Wildman–Crippen LogP) is 1.89. The first-order valence-corrected chi connectivity index (χ1v) is 10.9. The van der Waals surface area contributed by atoms with Crippen LogP contribution in [0.3, 0.4) is 0 Å². The summed E-state index contributed by atoms with van der Waals surface area (Å²) >= 11 is 0. The first kappa shape index (κ1) is 23.3. The van der Waals surface area contributed by atoms with Crippen molar-refractivity contribution < 1.29 is 26.8 Å². The number of carbonyl (C=O) groups excluding carboxylic acids is 2. The molecule has 0 aliphatic heterocycles. The third kappa shape index (κ3) is 5.76. The number of anilines is 1. The van der Waals surface area contributed by atoms with Gasteiger partial charge in [-0.25, -0.2) is 17.2 Å².